The van der Waals surface area contributed by atoms with Crippen molar-refractivity contribution in [2.45, 2.75) is 0 Å². The molecule has 0 aliphatic rings. The summed E-state index contributed by atoms with van der Waals surface area (Å²) in [6.45, 7) is 0. The van der Waals surface area contributed by atoms with E-state index in [1.165, 1.54) is 29.0 Å². The van der Waals surface area contributed by atoms with Gasteiger partial charge in [0.15, 0.2) is 0 Å². The second kappa shape index (κ2) is 5.35. The van der Waals surface area contributed by atoms with Crippen LogP contribution >= 0.6 is 11.3 Å². The van der Waals surface area contributed by atoms with Gasteiger partial charge in [0.05, 0.1) is 22.4 Å². The molecule has 3 rings (SSSR count). The van der Waals surface area contributed by atoms with Gasteiger partial charge in [-0.3, -0.25) is 0 Å². The molecule has 3 heterocycles. The number of carboxylic acids is 1. The highest BCUT2D eigenvalue weighted by Gasteiger charge is 2.17. The summed E-state index contributed by atoms with van der Waals surface area (Å²) in [5, 5.41) is 19.8. The first kappa shape index (κ1) is 13.9. The predicted octanol–water partition coefficient (Wildman–Crippen LogP) is 3.22. The van der Waals surface area contributed by atoms with E-state index in [9.17, 15) is 10.1 Å². The van der Waals surface area contributed by atoms with Crippen molar-refractivity contribution in [3.05, 3.63) is 47.0 Å². The van der Waals surface area contributed by atoms with Crippen LogP contribution in [-0.4, -0.2) is 16.1 Å². The largest absolute Gasteiger partial charge is 0.478 e. The van der Waals surface area contributed by atoms with E-state index in [-0.39, 0.29) is 16.9 Å². The van der Waals surface area contributed by atoms with Gasteiger partial charge in [-0.05, 0) is 24.3 Å². The van der Waals surface area contributed by atoms with Crippen molar-refractivity contribution in [3.8, 4) is 28.0 Å². The van der Waals surface area contributed by atoms with E-state index in [1.54, 1.807) is 18.2 Å². The van der Waals surface area contributed by atoms with Gasteiger partial charge in [-0.15, -0.1) is 11.3 Å². The molecule has 0 unspecified atom stereocenters. The molecule has 3 aromatic heterocycles. The number of aromatic carboxylic acids is 1. The molecule has 22 heavy (non-hydrogen) atoms. The van der Waals surface area contributed by atoms with Crippen molar-refractivity contribution in [2.75, 3.05) is 5.73 Å². The van der Waals surface area contributed by atoms with Gasteiger partial charge >= 0.3 is 5.97 Å². The first-order chi connectivity index (χ1) is 10.6. The van der Waals surface area contributed by atoms with Crippen LogP contribution in [0.25, 0.3) is 21.9 Å². The molecule has 108 valence electrons. The number of thiophene rings is 1. The molecule has 3 N–H and O–H groups in total. The molecule has 0 fully saturated rings. The number of nitriles is 1. The Kier molecular flexibility index (Phi) is 3.37. The Morgan fingerprint density at radius 1 is 1.45 bits per heavy atom. The predicted molar refractivity (Wildman–Crippen MR) is 81.3 cm³/mol. The lowest BCUT2D eigenvalue weighted by Gasteiger charge is -2.06. The summed E-state index contributed by atoms with van der Waals surface area (Å²) in [5.74, 6) is -0.422. The Hall–Kier alpha value is -3.11. The third kappa shape index (κ3) is 2.32. The summed E-state index contributed by atoms with van der Waals surface area (Å²) in [4.78, 5) is 15.8. The minimum Gasteiger partial charge on any atom is -0.478 e. The van der Waals surface area contributed by atoms with Crippen molar-refractivity contribution >= 4 is 23.1 Å². The number of pyridine rings is 1. The Labute approximate surface area is 129 Å². The highest BCUT2D eigenvalue weighted by Crippen LogP contribution is 2.33. The average molecular weight is 311 g/mol. The normalized spacial score (nSPS) is 10.3. The zero-order valence-electron chi connectivity index (χ0n) is 11.1. The molecule has 0 aromatic carbocycles. The van der Waals surface area contributed by atoms with Gasteiger partial charge in [0.2, 0.25) is 0 Å². The third-order valence-electron chi connectivity index (χ3n) is 3.04. The van der Waals surface area contributed by atoms with E-state index < -0.39 is 5.97 Å². The van der Waals surface area contributed by atoms with Gasteiger partial charge in [0.1, 0.15) is 23.2 Å². The smallest absolute Gasteiger partial charge is 0.336 e. The number of nitrogens with zero attached hydrogens (tertiary/aromatic N) is 2. The molecule has 0 aliphatic heterocycles. The van der Waals surface area contributed by atoms with Crippen LogP contribution in [0.3, 0.4) is 0 Å². The Bertz CT molecular complexity index is 891. The molecule has 0 radical (unpaired) electrons. The average Bonchev–Trinajstić information content (AvgIpc) is 3.18. The third-order valence-corrected chi connectivity index (χ3v) is 4.00. The Morgan fingerprint density at radius 3 is 2.86 bits per heavy atom. The number of nitrogens with two attached hydrogens (primary N) is 1. The van der Waals surface area contributed by atoms with E-state index in [4.69, 9.17) is 15.3 Å². The molecule has 0 amide bonds. The summed E-state index contributed by atoms with van der Waals surface area (Å²) in [5.41, 5.74) is 7.30. The van der Waals surface area contributed by atoms with Crippen LogP contribution in [-0.2, 0) is 0 Å². The number of anilines is 1. The zero-order chi connectivity index (χ0) is 15.7. The lowest BCUT2D eigenvalue weighted by molar-refractivity contribution is 0.0697. The van der Waals surface area contributed by atoms with Crippen LogP contribution in [0, 0.1) is 11.3 Å². The van der Waals surface area contributed by atoms with Gasteiger partial charge in [-0.1, -0.05) is 0 Å². The number of aromatic nitrogens is 1. The molecular weight excluding hydrogens is 302 g/mol. The summed E-state index contributed by atoms with van der Waals surface area (Å²) in [6.07, 6.45) is 1.50. The van der Waals surface area contributed by atoms with Crippen LogP contribution in [0.2, 0.25) is 0 Å². The molecule has 0 saturated heterocycles. The monoisotopic (exact) mass is 311 g/mol. The van der Waals surface area contributed by atoms with Crippen LogP contribution in [0.1, 0.15) is 15.9 Å². The molecule has 3 aromatic rings. The lowest BCUT2D eigenvalue weighted by Crippen LogP contribution is -1.99. The standard InChI is InChI=1S/C15H9N3O3S/c16-6-10-9(12-2-1-3-21-12)5-11(18-14(10)17)13-4-8(7-22-13)15(19)20/h1-5,7H,(H2,17,18)(H,19,20). The summed E-state index contributed by atoms with van der Waals surface area (Å²) < 4.78 is 5.33. The summed E-state index contributed by atoms with van der Waals surface area (Å²) in [6, 6.07) is 8.64. The maximum Gasteiger partial charge on any atom is 0.336 e. The highest BCUT2D eigenvalue weighted by atomic mass is 32.1. The zero-order valence-corrected chi connectivity index (χ0v) is 11.9. The number of nitrogen functional groups attached to an aromatic ring is 1. The van der Waals surface area contributed by atoms with Crippen molar-refractivity contribution in [2.24, 2.45) is 0 Å². The molecule has 7 heteroatoms. The fourth-order valence-corrected chi connectivity index (χ4v) is 2.86. The second-order valence-electron chi connectivity index (χ2n) is 4.41. The molecule has 0 aliphatic carbocycles. The topological polar surface area (TPSA) is 113 Å². The van der Waals surface area contributed by atoms with Gasteiger partial charge in [0.25, 0.3) is 0 Å². The Balaban J connectivity index is 2.17. The van der Waals surface area contributed by atoms with E-state index >= 15 is 0 Å². The molecule has 0 bridgehead atoms. The van der Waals surface area contributed by atoms with Gasteiger partial charge < -0.3 is 15.3 Å². The van der Waals surface area contributed by atoms with Crippen molar-refractivity contribution < 1.29 is 14.3 Å². The molecular formula is C15H9N3O3S. The maximum atomic E-state index is 11.0. The molecule has 6 nitrogen and oxygen atoms in total. The van der Waals surface area contributed by atoms with Crippen molar-refractivity contribution in [1.82, 2.24) is 4.98 Å². The number of carbonyl (C=O) groups is 1. The highest BCUT2D eigenvalue weighted by molar-refractivity contribution is 7.13. The number of furan rings is 1. The van der Waals surface area contributed by atoms with Crippen molar-refractivity contribution in [3.63, 3.8) is 0 Å². The second-order valence-corrected chi connectivity index (χ2v) is 5.32. The van der Waals surface area contributed by atoms with Crippen LogP contribution in [0.15, 0.2) is 40.3 Å². The van der Waals surface area contributed by atoms with E-state index in [0.717, 1.165) is 0 Å². The quantitative estimate of drug-likeness (QED) is 0.767. The van der Waals surface area contributed by atoms with Gasteiger partial charge in [-0.25, -0.2) is 9.78 Å². The van der Waals surface area contributed by atoms with E-state index in [2.05, 4.69) is 4.98 Å². The van der Waals surface area contributed by atoms with Crippen LogP contribution in [0.4, 0.5) is 5.82 Å². The first-order valence-corrected chi connectivity index (χ1v) is 7.05. The number of carboxylic acid groups (broad SMARTS) is 1. The fourth-order valence-electron chi connectivity index (χ4n) is 2.02. The fraction of sp³-hybridized carbons (Fsp3) is 0. The number of rotatable bonds is 3. The van der Waals surface area contributed by atoms with Crippen molar-refractivity contribution in [1.29, 1.82) is 5.26 Å². The minimum atomic E-state index is -1.00. The molecule has 0 spiro atoms. The minimum absolute atomic E-state index is 0.0803. The van der Waals surface area contributed by atoms with E-state index in [0.29, 0.717) is 21.9 Å². The maximum absolute atomic E-state index is 11.0. The van der Waals surface area contributed by atoms with E-state index in [1.807, 2.05) is 6.07 Å². The van der Waals surface area contributed by atoms with Gasteiger partial charge in [-0.2, -0.15) is 5.26 Å². The van der Waals surface area contributed by atoms with Gasteiger partial charge in [0, 0.05) is 10.9 Å². The van der Waals surface area contributed by atoms with Crippen LogP contribution < -0.4 is 5.73 Å². The number of hydrogen-bond acceptors (Lipinski definition) is 6. The Morgan fingerprint density at radius 2 is 2.27 bits per heavy atom. The molecule has 0 atom stereocenters. The number of hydrogen-bond donors (Lipinski definition) is 2. The molecule has 0 saturated carbocycles. The first-order valence-electron chi connectivity index (χ1n) is 6.17. The summed E-state index contributed by atoms with van der Waals surface area (Å²) in [7, 11) is 0. The van der Waals surface area contributed by atoms with Crippen LogP contribution in [0.5, 0.6) is 0 Å². The SMILES string of the molecule is N#Cc1c(-c2ccco2)cc(-c2cc(C(=O)O)cs2)nc1N. The lowest BCUT2D eigenvalue weighted by atomic mass is 10.1. The summed E-state index contributed by atoms with van der Waals surface area (Å²) >= 11 is 1.25.